The highest BCUT2D eigenvalue weighted by Gasteiger charge is 2.29. The molecule has 1 aromatic heterocycles. The molecule has 17 heavy (non-hydrogen) atoms. The van der Waals surface area contributed by atoms with Crippen molar-refractivity contribution in [1.82, 2.24) is 9.88 Å². The van der Waals surface area contributed by atoms with Gasteiger partial charge in [0.05, 0.1) is 0 Å². The van der Waals surface area contributed by atoms with E-state index in [4.69, 9.17) is 23.2 Å². The van der Waals surface area contributed by atoms with Crippen LogP contribution in [0.15, 0.2) is 12.3 Å². The number of halogens is 2. The largest absolute Gasteiger partial charge is 0.296 e. The maximum atomic E-state index is 6.18. The Bertz CT molecular complexity index is 389. The van der Waals surface area contributed by atoms with Crippen molar-refractivity contribution in [2.45, 2.75) is 39.3 Å². The summed E-state index contributed by atoms with van der Waals surface area (Å²) in [5, 5.41) is 1.18. The highest BCUT2D eigenvalue weighted by molar-refractivity contribution is 6.34. The molecule has 1 aliphatic rings. The fourth-order valence-electron chi connectivity index (χ4n) is 2.02. The average molecular weight is 273 g/mol. The fraction of sp³-hybridized carbons (Fsp3) is 0.615. The van der Waals surface area contributed by atoms with Gasteiger partial charge in [0.15, 0.2) is 0 Å². The topological polar surface area (TPSA) is 16.1 Å². The molecule has 4 heteroatoms. The molecule has 1 saturated carbocycles. The molecule has 1 aromatic rings. The van der Waals surface area contributed by atoms with Gasteiger partial charge in [0.25, 0.3) is 0 Å². The molecule has 0 N–H and O–H groups in total. The van der Waals surface area contributed by atoms with Crippen LogP contribution in [0.3, 0.4) is 0 Å². The van der Waals surface area contributed by atoms with Crippen molar-refractivity contribution >= 4 is 23.2 Å². The van der Waals surface area contributed by atoms with Crippen molar-refractivity contribution < 1.29 is 0 Å². The molecular formula is C13H18Cl2N2. The summed E-state index contributed by atoms with van der Waals surface area (Å²) in [6.07, 6.45) is 4.41. The smallest absolute Gasteiger partial charge is 0.130 e. The summed E-state index contributed by atoms with van der Waals surface area (Å²) in [6, 6.07) is 2.46. The number of hydrogen-bond acceptors (Lipinski definition) is 2. The van der Waals surface area contributed by atoms with Gasteiger partial charge >= 0.3 is 0 Å². The van der Waals surface area contributed by atoms with Crippen LogP contribution in [-0.4, -0.2) is 22.5 Å². The van der Waals surface area contributed by atoms with Gasteiger partial charge in [-0.3, -0.25) is 4.90 Å². The number of aromatic nitrogens is 1. The van der Waals surface area contributed by atoms with Crippen molar-refractivity contribution in [2.24, 2.45) is 5.92 Å². The summed E-state index contributed by atoms with van der Waals surface area (Å²) < 4.78 is 0. The number of hydrogen-bond donors (Lipinski definition) is 0. The SMILES string of the molecule is CC(C)CN(Cc1cnc(Cl)cc1Cl)C1CC1. The van der Waals surface area contributed by atoms with Crippen LogP contribution in [0.4, 0.5) is 0 Å². The van der Waals surface area contributed by atoms with Crippen molar-refractivity contribution in [3.8, 4) is 0 Å². The van der Waals surface area contributed by atoms with Crippen LogP contribution < -0.4 is 0 Å². The van der Waals surface area contributed by atoms with Gasteiger partial charge in [0.2, 0.25) is 0 Å². The first-order valence-corrected chi connectivity index (χ1v) is 6.86. The van der Waals surface area contributed by atoms with Gasteiger partial charge in [-0.2, -0.15) is 0 Å². The first kappa shape index (κ1) is 13.1. The molecule has 94 valence electrons. The predicted octanol–water partition coefficient (Wildman–Crippen LogP) is 4.01. The van der Waals surface area contributed by atoms with Gasteiger partial charge < -0.3 is 0 Å². The monoisotopic (exact) mass is 272 g/mol. The zero-order chi connectivity index (χ0) is 12.4. The second kappa shape index (κ2) is 5.55. The quantitative estimate of drug-likeness (QED) is 0.753. The first-order chi connectivity index (χ1) is 8.06. The van der Waals surface area contributed by atoms with E-state index in [2.05, 4.69) is 23.7 Å². The van der Waals surface area contributed by atoms with Gasteiger partial charge in [-0.1, -0.05) is 37.0 Å². The Balaban J connectivity index is 2.06. The second-order valence-electron chi connectivity index (χ2n) is 5.15. The van der Waals surface area contributed by atoms with E-state index in [0.717, 1.165) is 29.7 Å². The standard InChI is InChI=1S/C13H18Cl2N2/c1-9(2)7-17(11-3-4-11)8-10-6-16-13(15)5-12(10)14/h5-6,9,11H,3-4,7-8H2,1-2H3. The molecular weight excluding hydrogens is 255 g/mol. The molecule has 1 heterocycles. The predicted molar refractivity (Wildman–Crippen MR) is 72.5 cm³/mol. The summed E-state index contributed by atoms with van der Waals surface area (Å²) in [5.74, 6) is 0.676. The molecule has 0 amide bonds. The van der Waals surface area contributed by atoms with Gasteiger partial charge in [0, 0.05) is 35.9 Å². The Hall–Kier alpha value is -0.310. The van der Waals surface area contributed by atoms with E-state index < -0.39 is 0 Å². The summed E-state index contributed by atoms with van der Waals surface area (Å²) >= 11 is 12.0. The van der Waals surface area contributed by atoms with Crippen molar-refractivity contribution in [3.05, 3.63) is 28.0 Å². The number of pyridine rings is 1. The molecule has 0 aliphatic heterocycles. The molecule has 1 fully saturated rings. The highest BCUT2D eigenvalue weighted by Crippen LogP contribution is 2.30. The maximum Gasteiger partial charge on any atom is 0.130 e. The highest BCUT2D eigenvalue weighted by atomic mass is 35.5. The molecule has 0 bridgehead atoms. The van der Waals surface area contributed by atoms with Crippen molar-refractivity contribution in [1.29, 1.82) is 0 Å². The first-order valence-electron chi connectivity index (χ1n) is 6.10. The fourth-order valence-corrected chi connectivity index (χ4v) is 2.45. The third-order valence-corrected chi connectivity index (χ3v) is 3.49. The Labute approximate surface area is 113 Å². The molecule has 0 saturated heterocycles. The van der Waals surface area contributed by atoms with Crippen LogP contribution in [-0.2, 0) is 6.54 Å². The van der Waals surface area contributed by atoms with Gasteiger partial charge in [-0.05, 0) is 24.8 Å². The minimum absolute atomic E-state index is 0.459. The normalized spacial score (nSPS) is 15.9. The average Bonchev–Trinajstić information content (AvgIpc) is 3.03. The van der Waals surface area contributed by atoms with E-state index in [9.17, 15) is 0 Å². The van der Waals surface area contributed by atoms with E-state index in [-0.39, 0.29) is 0 Å². The minimum atomic E-state index is 0.459. The summed E-state index contributed by atoms with van der Waals surface area (Å²) in [4.78, 5) is 6.61. The zero-order valence-electron chi connectivity index (χ0n) is 10.3. The molecule has 2 rings (SSSR count). The van der Waals surface area contributed by atoms with Crippen LogP contribution >= 0.6 is 23.2 Å². The molecule has 0 spiro atoms. The van der Waals surface area contributed by atoms with Gasteiger partial charge in [-0.15, -0.1) is 0 Å². The van der Waals surface area contributed by atoms with Crippen LogP contribution in [0, 0.1) is 5.92 Å². The molecule has 0 aromatic carbocycles. The van der Waals surface area contributed by atoms with Crippen LogP contribution in [0.1, 0.15) is 32.3 Å². The minimum Gasteiger partial charge on any atom is -0.296 e. The van der Waals surface area contributed by atoms with E-state index in [0.29, 0.717) is 11.1 Å². The van der Waals surface area contributed by atoms with Crippen molar-refractivity contribution in [2.75, 3.05) is 6.54 Å². The third-order valence-electron chi connectivity index (χ3n) is 2.93. The molecule has 1 aliphatic carbocycles. The summed E-state index contributed by atoms with van der Waals surface area (Å²) in [6.45, 7) is 6.49. The Morgan fingerprint density at radius 2 is 2.12 bits per heavy atom. The van der Waals surface area contributed by atoms with E-state index in [1.165, 1.54) is 12.8 Å². The molecule has 0 unspecified atom stereocenters. The Morgan fingerprint density at radius 3 is 2.65 bits per heavy atom. The van der Waals surface area contributed by atoms with E-state index >= 15 is 0 Å². The lowest BCUT2D eigenvalue weighted by Gasteiger charge is -2.24. The van der Waals surface area contributed by atoms with Crippen molar-refractivity contribution in [3.63, 3.8) is 0 Å². The molecule has 0 radical (unpaired) electrons. The third kappa shape index (κ3) is 3.84. The number of rotatable bonds is 5. The lowest BCUT2D eigenvalue weighted by Crippen LogP contribution is -2.29. The lowest BCUT2D eigenvalue weighted by molar-refractivity contribution is 0.226. The summed E-state index contributed by atoms with van der Waals surface area (Å²) in [7, 11) is 0. The molecule has 0 atom stereocenters. The Morgan fingerprint density at radius 1 is 1.41 bits per heavy atom. The van der Waals surface area contributed by atoms with Crippen LogP contribution in [0.5, 0.6) is 0 Å². The zero-order valence-corrected chi connectivity index (χ0v) is 11.8. The number of nitrogens with zero attached hydrogens (tertiary/aromatic N) is 2. The molecule has 2 nitrogen and oxygen atoms in total. The Kier molecular flexibility index (Phi) is 4.29. The van der Waals surface area contributed by atoms with Crippen LogP contribution in [0.2, 0.25) is 10.2 Å². The maximum absolute atomic E-state index is 6.18. The lowest BCUT2D eigenvalue weighted by atomic mass is 10.2. The van der Waals surface area contributed by atoms with Gasteiger partial charge in [-0.25, -0.2) is 4.98 Å². The van der Waals surface area contributed by atoms with Crippen LogP contribution in [0.25, 0.3) is 0 Å². The summed E-state index contributed by atoms with van der Waals surface area (Å²) in [5.41, 5.74) is 1.07. The van der Waals surface area contributed by atoms with E-state index in [1.54, 1.807) is 12.3 Å². The second-order valence-corrected chi connectivity index (χ2v) is 5.95. The van der Waals surface area contributed by atoms with E-state index in [1.807, 2.05) is 0 Å². The van der Waals surface area contributed by atoms with Gasteiger partial charge in [0.1, 0.15) is 5.15 Å².